The maximum absolute atomic E-state index is 12.2. The fraction of sp³-hybridized carbons (Fsp3) is 0.222. The number of hydrogen-bond acceptors (Lipinski definition) is 3. The van der Waals surface area contributed by atoms with Crippen LogP contribution in [0.1, 0.15) is 12.5 Å². The fourth-order valence-electron chi connectivity index (χ4n) is 1.86. The van der Waals surface area contributed by atoms with Gasteiger partial charge in [0.05, 0.1) is 6.57 Å². The number of hydrogen-bond donors (Lipinski definition) is 2. The third kappa shape index (κ3) is 4.48. The lowest BCUT2D eigenvalue weighted by Crippen LogP contribution is -2.45. The zero-order chi connectivity index (χ0) is 17.7. The van der Waals surface area contributed by atoms with E-state index in [4.69, 9.17) is 22.9 Å². The van der Waals surface area contributed by atoms with Crippen molar-refractivity contribution in [2.45, 2.75) is 19.4 Å². The summed E-state index contributed by atoms with van der Waals surface area (Å²) in [5.74, 6) is -0.0561. The minimum atomic E-state index is -1.73. The molecule has 2 aromatic rings. The predicted octanol–water partition coefficient (Wildman–Crippen LogP) is 3.97. The molecule has 6 heteroatoms. The number of halogens is 1. The molecule has 0 unspecified atom stereocenters. The fourth-order valence-corrected chi connectivity index (χ4v) is 2.09. The average molecular weight is 345 g/mol. The normalized spacial score (nSPS) is 12.8. The van der Waals surface area contributed by atoms with Gasteiger partial charge in [-0.3, -0.25) is 4.79 Å². The number of nitrogens with zero attached hydrogens (tertiary/aromatic N) is 1. The van der Waals surface area contributed by atoms with E-state index >= 15 is 0 Å². The van der Waals surface area contributed by atoms with Crippen molar-refractivity contribution in [1.82, 2.24) is 0 Å². The Morgan fingerprint density at radius 3 is 2.58 bits per heavy atom. The Balaban J connectivity index is 2.00. The first-order valence-corrected chi connectivity index (χ1v) is 7.60. The number of carbonyl (C=O) groups excluding carboxylic acids is 1. The molecule has 0 saturated carbocycles. The largest absolute Gasteiger partial charge is 0.490 e. The van der Waals surface area contributed by atoms with E-state index in [0.717, 1.165) is 5.56 Å². The van der Waals surface area contributed by atoms with Crippen LogP contribution in [0.15, 0.2) is 42.5 Å². The predicted molar refractivity (Wildman–Crippen MR) is 93.6 cm³/mol. The second-order valence-corrected chi connectivity index (χ2v) is 6.01. The summed E-state index contributed by atoms with van der Waals surface area (Å²) in [7, 11) is 0. The number of nitrogens with one attached hydrogen (secondary N) is 1. The van der Waals surface area contributed by atoms with Crippen LogP contribution in [0.5, 0.6) is 5.75 Å². The molecule has 0 aliphatic rings. The minimum absolute atomic E-state index is 0.199. The Morgan fingerprint density at radius 1 is 1.33 bits per heavy atom. The van der Waals surface area contributed by atoms with Crippen molar-refractivity contribution in [3.05, 3.63) is 64.5 Å². The molecule has 0 aromatic heterocycles. The number of carbonyl (C=O) groups is 1. The van der Waals surface area contributed by atoms with E-state index in [1.165, 1.54) is 19.1 Å². The SMILES string of the molecule is [C-]#[N+]c1ccc(NC(=O)[C@](C)(O)COc2ccc(C)cc2)cc1Cl. The molecule has 0 fully saturated rings. The molecule has 124 valence electrons. The molecular weight excluding hydrogens is 328 g/mol. The third-order valence-corrected chi connectivity index (χ3v) is 3.66. The van der Waals surface area contributed by atoms with Crippen LogP contribution in [0, 0.1) is 13.5 Å². The first kappa shape index (κ1) is 17.8. The first-order chi connectivity index (χ1) is 11.3. The Morgan fingerprint density at radius 2 is 2.00 bits per heavy atom. The Kier molecular flexibility index (Phi) is 5.45. The summed E-state index contributed by atoms with van der Waals surface area (Å²) in [6.07, 6.45) is 0. The summed E-state index contributed by atoms with van der Waals surface area (Å²) in [5.41, 5.74) is 0.0549. The smallest absolute Gasteiger partial charge is 0.259 e. The number of amides is 1. The van der Waals surface area contributed by atoms with E-state index in [-0.39, 0.29) is 11.6 Å². The van der Waals surface area contributed by atoms with E-state index in [1.807, 2.05) is 19.1 Å². The van der Waals surface area contributed by atoms with Crippen LogP contribution in [0.4, 0.5) is 11.4 Å². The number of rotatable bonds is 5. The van der Waals surface area contributed by atoms with Crippen molar-refractivity contribution in [1.29, 1.82) is 0 Å². The third-order valence-electron chi connectivity index (χ3n) is 3.36. The maximum atomic E-state index is 12.2. The van der Waals surface area contributed by atoms with Gasteiger partial charge in [0.25, 0.3) is 5.91 Å². The van der Waals surface area contributed by atoms with Gasteiger partial charge in [0.1, 0.15) is 12.4 Å². The summed E-state index contributed by atoms with van der Waals surface area (Å²) in [5, 5.41) is 13.1. The highest BCUT2D eigenvalue weighted by atomic mass is 35.5. The highest BCUT2D eigenvalue weighted by Gasteiger charge is 2.31. The van der Waals surface area contributed by atoms with Gasteiger partial charge in [0, 0.05) is 10.7 Å². The summed E-state index contributed by atoms with van der Waals surface area (Å²) >= 11 is 5.93. The zero-order valence-corrected chi connectivity index (χ0v) is 14.1. The van der Waals surface area contributed by atoms with Crippen LogP contribution in [-0.2, 0) is 4.79 Å². The molecule has 0 spiro atoms. The number of aliphatic hydroxyl groups is 1. The Bertz CT molecular complexity index is 780. The van der Waals surface area contributed by atoms with Gasteiger partial charge in [0.15, 0.2) is 5.60 Å². The van der Waals surface area contributed by atoms with E-state index in [0.29, 0.717) is 17.1 Å². The molecule has 0 saturated heterocycles. The number of ether oxygens (including phenoxy) is 1. The topological polar surface area (TPSA) is 62.9 Å². The number of benzene rings is 2. The molecule has 5 nitrogen and oxygen atoms in total. The monoisotopic (exact) mass is 344 g/mol. The molecule has 1 amide bonds. The highest BCUT2D eigenvalue weighted by Crippen LogP contribution is 2.28. The van der Waals surface area contributed by atoms with Gasteiger partial charge in [0.2, 0.25) is 5.69 Å². The lowest BCUT2D eigenvalue weighted by molar-refractivity contribution is -0.135. The zero-order valence-electron chi connectivity index (χ0n) is 13.3. The molecule has 1 atom stereocenters. The van der Waals surface area contributed by atoms with Crippen LogP contribution in [-0.4, -0.2) is 23.2 Å². The molecule has 0 aliphatic carbocycles. The first-order valence-electron chi connectivity index (χ1n) is 7.22. The molecule has 0 bridgehead atoms. The van der Waals surface area contributed by atoms with Crippen LogP contribution >= 0.6 is 11.6 Å². The molecule has 2 N–H and O–H groups in total. The standard InChI is InChI=1S/C18H17ClN2O3/c1-12-4-7-14(8-5-12)24-11-18(2,23)17(22)21-13-6-9-16(20-3)15(19)10-13/h4-10,23H,11H2,1-2H3,(H,21,22)/t18-/m1/s1. The lowest BCUT2D eigenvalue weighted by Gasteiger charge is -2.22. The van der Waals surface area contributed by atoms with E-state index in [2.05, 4.69) is 10.2 Å². The van der Waals surface area contributed by atoms with Crippen molar-refractivity contribution in [3.63, 3.8) is 0 Å². The number of anilines is 1. The Hall–Kier alpha value is -2.55. The summed E-state index contributed by atoms with van der Waals surface area (Å²) in [6.45, 7) is 10.1. The van der Waals surface area contributed by atoms with Crippen molar-refractivity contribution >= 4 is 28.9 Å². The van der Waals surface area contributed by atoms with Gasteiger partial charge in [-0.1, -0.05) is 35.4 Å². The van der Waals surface area contributed by atoms with Crippen LogP contribution in [0.25, 0.3) is 4.85 Å². The van der Waals surface area contributed by atoms with Crippen LogP contribution in [0.2, 0.25) is 5.02 Å². The van der Waals surface area contributed by atoms with E-state index in [9.17, 15) is 9.90 Å². The van der Waals surface area contributed by atoms with E-state index in [1.54, 1.807) is 18.2 Å². The summed E-state index contributed by atoms with van der Waals surface area (Å²) in [6, 6.07) is 11.8. The molecule has 0 radical (unpaired) electrons. The quantitative estimate of drug-likeness (QED) is 0.807. The van der Waals surface area contributed by atoms with Gasteiger partial charge < -0.3 is 15.2 Å². The summed E-state index contributed by atoms with van der Waals surface area (Å²) in [4.78, 5) is 15.5. The van der Waals surface area contributed by atoms with Crippen molar-refractivity contribution in [2.75, 3.05) is 11.9 Å². The van der Waals surface area contributed by atoms with Gasteiger partial charge in [-0.15, -0.1) is 0 Å². The second kappa shape index (κ2) is 7.35. The molecule has 2 rings (SSSR count). The number of aryl methyl sites for hydroxylation is 1. The summed E-state index contributed by atoms with van der Waals surface area (Å²) < 4.78 is 5.47. The highest BCUT2D eigenvalue weighted by molar-refractivity contribution is 6.33. The molecule has 24 heavy (non-hydrogen) atoms. The maximum Gasteiger partial charge on any atom is 0.259 e. The Labute approximate surface area is 145 Å². The molecule has 2 aromatic carbocycles. The van der Waals surface area contributed by atoms with Gasteiger partial charge in [-0.25, -0.2) is 4.85 Å². The van der Waals surface area contributed by atoms with Gasteiger partial charge in [-0.05, 0) is 38.1 Å². The van der Waals surface area contributed by atoms with Crippen molar-refractivity contribution < 1.29 is 14.6 Å². The molecular formula is C18H17ClN2O3. The average Bonchev–Trinajstić information content (AvgIpc) is 2.54. The van der Waals surface area contributed by atoms with Crippen LogP contribution < -0.4 is 10.1 Å². The van der Waals surface area contributed by atoms with E-state index < -0.39 is 11.5 Å². The van der Waals surface area contributed by atoms with Gasteiger partial charge >= 0.3 is 0 Å². The molecule has 0 aliphatic heterocycles. The van der Waals surface area contributed by atoms with Gasteiger partial charge in [-0.2, -0.15) is 0 Å². The van der Waals surface area contributed by atoms with Crippen molar-refractivity contribution in [2.24, 2.45) is 0 Å². The second-order valence-electron chi connectivity index (χ2n) is 5.61. The lowest BCUT2D eigenvalue weighted by atomic mass is 10.1. The van der Waals surface area contributed by atoms with Crippen LogP contribution in [0.3, 0.4) is 0 Å². The molecule has 0 heterocycles. The van der Waals surface area contributed by atoms with Crippen molar-refractivity contribution in [3.8, 4) is 5.75 Å². The minimum Gasteiger partial charge on any atom is -0.490 e.